The average molecular weight is 499 g/mol. The summed E-state index contributed by atoms with van der Waals surface area (Å²) in [5.41, 5.74) is 4.58. The van der Waals surface area contributed by atoms with Crippen molar-refractivity contribution >= 4 is 39.3 Å². The van der Waals surface area contributed by atoms with Crippen LogP contribution >= 0.6 is 0 Å². The Morgan fingerprint density at radius 1 is 0.757 bits per heavy atom. The molecule has 0 saturated carbocycles. The van der Waals surface area contributed by atoms with E-state index in [-0.39, 0.29) is 6.09 Å². The van der Waals surface area contributed by atoms with Crippen LogP contribution in [0.15, 0.2) is 73.1 Å². The van der Waals surface area contributed by atoms with Crippen LogP contribution < -0.4 is 15.1 Å². The highest BCUT2D eigenvalue weighted by Gasteiger charge is 2.23. The van der Waals surface area contributed by atoms with Gasteiger partial charge in [-0.15, -0.1) is 0 Å². The number of hydrogen-bond acceptors (Lipinski definition) is 7. The number of amides is 1. The monoisotopic (exact) mass is 498 g/mol. The third-order valence-electron chi connectivity index (χ3n) is 6.86. The highest BCUT2D eigenvalue weighted by molar-refractivity contribution is 5.92. The molecule has 0 aliphatic carbocycles. The molecule has 1 N–H and O–H groups in total. The summed E-state index contributed by atoms with van der Waals surface area (Å²) in [5, 5.41) is 5.79. The molecule has 4 aromatic rings. The number of para-hydroxylation sites is 2. The van der Waals surface area contributed by atoms with E-state index in [1.165, 1.54) is 16.8 Å². The number of hydrogen-bond donors (Lipinski definition) is 1. The van der Waals surface area contributed by atoms with Crippen molar-refractivity contribution in [2.24, 2.45) is 0 Å². The predicted molar refractivity (Wildman–Crippen MR) is 149 cm³/mol. The van der Waals surface area contributed by atoms with E-state index in [0.717, 1.165) is 55.7 Å². The van der Waals surface area contributed by atoms with Crippen molar-refractivity contribution in [2.75, 3.05) is 68.8 Å². The van der Waals surface area contributed by atoms with Gasteiger partial charge < -0.3 is 24.8 Å². The Labute approximate surface area is 217 Å². The third kappa shape index (κ3) is 5.75. The molecule has 8 nitrogen and oxygen atoms in total. The Hall–Kier alpha value is -3.91. The largest absolute Gasteiger partial charge is 0.450 e. The van der Waals surface area contributed by atoms with Crippen LogP contribution in [0.5, 0.6) is 0 Å². The SMILES string of the molecule is CCOC(=O)N1CCN(c2ccnc3ccccc23)CC1.c1ccc2c(N3CCNCC3)ccnc2c1. The quantitative estimate of drug-likeness (QED) is 0.455. The molecule has 0 unspecified atom stereocenters. The molecule has 2 fully saturated rings. The van der Waals surface area contributed by atoms with Crippen molar-refractivity contribution in [3.05, 3.63) is 73.1 Å². The molecule has 2 aliphatic rings. The van der Waals surface area contributed by atoms with Crippen molar-refractivity contribution in [1.29, 1.82) is 0 Å². The topological polar surface area (TPSA) is 73.8 Å². The van der Waals surface area contributed by atoms with Gasteiger partial charge in [0.05, 0.1) is 17.6 Å². The number of pyridine rings is 2. The fraction of sp³-hybridized carbons (Fsp3) is 0.345. The summed E-state index contributed by atoms with van der Waals surface area (Å²) in [4.78, 5) is 27.0. The molecule has 0 bridgehead atoms. The fourth-order valence-corrected chi connectivity index (χ4v) is 4.96. The molecule has 8 heteroatoms. The highest BCUT2D eigenvalue weighted by Crippen LogP contribution is 2.26. The number of carbonyl (C=O) groups is 1. The van der Waals surface area contributed by atoms with Crippen LogP contribution in [0.25, 0.3) is 21.8 Å². The van der Waals surface area contributed by atoms with Crippen LogP contribution in [0, 0.1) is 0 Å². The van der Waals surface area contributed by atoms with Crippen molar-refractivity contribution in [1.82, 2.24) is 20.2 Å². The summed E-state index contributed by atoms with van der Waals surface area (Å²) in [6.07, 6.45) is 3.53. The van der Waals surface area contributed by atoms with Crippen LogP contribution in [0.1, 0.15) is 6.92 Å². The van der Waals surface area contributed by atoms with E-state index < -0.39 is 0 Å². The average Bonchev–Trinajstić information content (AvgIpc) is 2.97. The van der Waals surface area contributed by atoms with Gasteiger partial charge in [0.1, 0.15) is 0 Å². The normalized spacial score (nSPS) is 15.9. The lowest BCUT2D eigenvalue weighted by Crippen LogP contribution is -2.49. The molecule has 2 saturated heterocycles. The second kappa shape index (κ2) is 11.9. The van der Waals surface area contributed by atoms with Crippen LogP contribution in [0.4, 0.5) is 16.2 Å². The Balaban J connectivity index is 0.000000157. The highest BCUT2D eigenvalue weighted by atomic mass is 16.6. The number of nitrogens with one attached hydrogen (secondary N) is 1. The number of anilines is 2. The van der Waals surface area contributed by atoms with Gasteiger partial charge in [0, 0.05) is 86.9 Å². The van der Waals surface area contributed by atoms with Gasteiger partial charge in [-0.25, -0.2) is 4.79 Å². The Morgan fingerprint density at radius 3 is 1.81 bits per heavy atom. The molecular formula is C29H34N6O2. The number of nitrogens with zero attached hydrogens (tertiary/aromatic N) is 5. The maximum Gasteiger partial charge on any atom is 0.409 e. The second-order valence-corrected chi connectivity index (χ2v) is 9.10. The molecule has 2 aromatic carbocycles. The minimum absolute atomic E-state index is 0.211. The van der Waals surface area contributed by atoms with Gasteiger partial charge >= 0.3 is 6.09 Å². The lowest BCUT2D eigenvalue weighted by Gasteiger charge is -2.35. The van der Waals surface area contributed by atoms with E-state index in [1.54, 1.807) is 4.90 Å². The van der Waals surface area contributed by atoms with Gasteiger partial charge in [0.15, 0.2) is 0 Å². The van der Waals surface area contributed by atoms with Gasteiger partial charge in [0.25, 0.3) is 0 Å². The minimum Gasteiger partial charge on any atom is -0.450 e. The molecule has 1 amide bonds. The molecular weight excluding hydrogens is 464 g/mol. The molecule has 0 spiro atoms. The predicted octanol–water partition coefficient (Wildman–Crippen LogP) is 4.16. The number of piperazine rings is 2. The second-order valence-electron chi connectivity index (χ2n) is 9.10. The molecule has 6 rings (SSSR count). The van der Waals surface area contributed by atoms with Crippen LogP contribution in [0.3, 0.4) is 0 Å². The van der Waals surface area contributed by atoms with E-state index >= 15 is 0 Å². The summed E-state index contributed by atoms with van der Waals surface area (Å²) in [5.74, 6) is 0. The van der Waals surface area contributed by atoms with Crippen molar-refractivity contribution < 1.29 is 9.53 Å². The maximum absolute atomic E-state index is 11.7. The molecule has 192 valence electrons. The number of fused-ring (bicyclic) bond motifs is 2. The summed E-state index contributed by atoms with van der Waals surface area (Å²) < 4.78 is 5.05. The molecule has 0 atom stereocenters. The first-order valence-corrected chi connectivity index (χ1v) is 13.0. The Morgan fingerprint density at radius 2 is 1.27 bits per heavy atom. The summed E-state index contributed by atoms with van der Waals surface area (Å²) in [7, 11) is 0. The first-order chi connectivity index (χ1) is 18.2. The lowest BCUT2D eigenvalue weighted by atomic mass is 10.1. The number of aromatic nitrogens is 2. The Kier molecular flexibility index (Phi) is 7.96. The van der Waals surface area contributed by atoms with Crippen LogP contribution in [0.2, 0.25) is 0 Å². The van der Waals surface area contributed by atoms with Crippen molar-refractivity contribution in [2.45, 2.75) is 6.92 Å². The van der Waals surface area contributed by atoms with Gasteiger partial charge in [-0.2, -0.15) is 0 Å². The molecule has 2 aromatic heterocycles. The number of carbonyl (C=O) groups excluding carboxylic acids is 1. The zero-order valence-corrected chi connectivity index (χ0v) is 21.3. The number of benzene rings is 2. The smallest absolute Gasteiger partial charge is 0.409 e. The number of rotatable bonds is 3. The minimum atomic E-state index is -0.211. The molecule has 37 heavy (non-hydrogen) atoms. The fourth-order valence-electron chi connectivity index (χ4n) is 4.96. The van der Waals surface area contributed by atoms with E-state index in [4.69, 9.17) is 4.74 Å². The van der Waals surface area contributed by atoms with Crippen molar-refractivity contribution in [3.63, 3.8) is 0 Å². The summed E-state index contributed by atoms with van der Waals surface area (Å²) in [6, 6.07) is 20.6. The van der Waals surface area contributed by atoms with Gasteiger partial charge in [-0.05, 0) is 31.2 Å². The molecule has 2 aliphatic heterocycles. The molecule has 4 heterocycles. The van der Waals surface area contributed by atoms with E-state index in [9.17, 15) is 4.79 Å². The third-order valence-corrected chi connectivity index (χ3v) is 6.86. The first-order valence-electron chi connectivity index (χ1n) is 13.0. The van der Waals surface area contributed by atoms with Crippen LogP contribution in [-0.2, 0) is 4.74 Å². The van der Waals surface area contributed by atoms with E-state index in [1.807, 2.05) is 49.6 Å². The van der Waals surface area contributed by atoms with E-state index in [2.05, 4.69) is 55.4 Å². The van der Waals surface area contributed by atoms with Gasteiger partial charge in [-0.1, -0.05) is 36.4 Å². The lowest BCUT2D eigenvalue weighted by molar-refractivity contribution is 0.105. The zero-order valence-electron chi connectivity index (χ0n) is 21.3. The van der Waals surface area contributed by atoms with Crippen molar-refractivity contribution in [3.8, 4) is 0 Å². The standard InChI is InChI=1S/C16H19N3O2.C13H15N3/c1-2-21-16(20)19-11-9-18(10-12-19)15-7-8-17-14-6-4-3-5-13(14)15;1-2-4-12-11(3-1)13(5-6-15-12)16-9-7-14-8-10-16/h3-8H,2,9-12H2,1H3;1-6,14H,7-10H2. The Bertz CT molecular complexity index is 1320. The van der Waals surface area contributed by atoms with Gasteiger partial charge in [0.2, 0.25) is 0 Å². The van der Waals surface area contributed by atoms with E-state index in [0.29, 0.717) is 19.7 Å². The summed E-state index contributed by atoms with van der Waals surface area (Å²) in [6.45, 7) is 9.55. The van der Waals surface area contributed by atoms with Crippen LogP contribution in [-0.4, -0.2) is 79.9 Å². The van der Waals surface area contributed by atoms with Gasteiger partial charge in [-0.3, -0.25) is 9.97 Å². The molecule has 0 radical (unpaired) electrons. The maximum atomic E-state index is 11.7. The number of ether oxygens (including phenoxy) is 1. The summed E-state index contributed by atoms with van der Waals surface area (Å²) >= 11 is 0. The zero-order chi connectivity index (χ0) is 25.5. The first kappa shape index (κ1) is 24.8.